The van der Waals surface area contributed by atoms with Crippen LogP contribution in [0.2, 0.25) is 5.15 Å². The van der Waals surface area contributed by atoms with Crippen molar-refractivity contribution in [3.05, 3.63) is 22.8 Å². The van der Waals surface area contributed by atoms with Crippen LogP contribution in [-0.4, -0.2) is 23.3 Å². The number of nitrogens with zero attached hydrogens (tertiary/aromatic N) is 1. The number of rotatable bonds is 3. The van der Waals surface area contributed by atoms with Gasteiger partial charge in [-0.1, -0.05) is 25.4 Å². The van der Waals surface area contributed by atoms with Crippen LogP contribution < -0.4 is 4.74 Å². The largest absolute Gasteiger partial charge is 0.475 e. The average Bonchev–Trinajstić information content (AvgIpc) is 2.16. The standard InChI is InChI=1S/C8H10ClNO2.C2H6/c1-6-4-7(9)10-8(5-6)12-3-2-11;1-2/h4-5,11H,2-3H2,1H3;1-2H3. The fourth-order valence-electron chi connectivity index (χ4n) is 0.818. The number of halogens is 1. The lowest BCUT2D eigenvalue weighted by atomic mass is 10.3. The maximum Gasteiger partial charge on any atom is 0.214 e. The molecule has 0 bridgehead atoms. The molecule has 0 amide bonds. The Hall–Kier alpha value is -0.800. The van der Waals surface area contributed by atoms with Crippen LogP contribution in [0.15, 0.2) is 12.1 Å². The highest BCUT2D eigenvalue weighted by atomic mass is 35.5. The summed E-state index contributed by atoms with van der Waals surface area (Å²) in [6.07, 6.45) is 0. The van der Waals surface area contributed by atoms with Crippen LogP contribution in [0.25, 0.3) is 0 Å². The second kappa shape index (κ2) is 7.59. The fourth-order valence-corrected chi connectivity index (χ4v) is 1.07. The van der Waals surface area contributed by atoms with Gasteiger partial charge in [0.2, 0.25) is 5.88 Å². The Kier molecular flexibility index (Phi) is 7.16. The zero-order valence-electron chi connectivity index (χ0n) is 8.75. The first-order chi connectivity index (χ1) is 6.72. The van der Waals surface area contributed by atoms with Crippen LogP contribution in [0.3, 0.4) is 0 Å². The van der Waals surface area contributed by atoms with Crippen LogP contribution in [0.4, 0.5) is 0 Å². The molecule has 4 heteroatoms. The van der Waals surface area contributed by atoms with Gasteiger partial charge in [-0.2, -0.15) is 0 Å². The van der Waals surface area contributed by atoms with Crippen molar-refractivity contribution in [2.75, 3.05) is 13.2 Å². The molecular formula is C10H16ClNO2. The minimum atomic E-state index is -0.0206. The van der Waals surface area contributed by atoms with Gasteiger partial charge in [0, 0.05) is 6.07 Å². The van der Waals surface area contributed by atoms with Crippen molar-refractivity contribution in [3.8, 4) is 5.88 Å². The summed E-state index contributed by atoms with van der Waals surface area (Å²) in [5.74, 6) is 0.453. The van der Waals surface area contributed by atoms with Gasteiger partial charge in [0.15, 0.2) is 0 Å². The van der Waals surface area contributed by atoms with E-state index in [1.165, 1.54) is 0 Å². The number of aliphatic hydroxyl groups excluding tert-OH is 1. The van der Waals surface area contributed by atoms with Gasteiger partial charge in [0.1, 0.15) is 11.8 Å². The van der Waals surface area contributed by atoms with Gasteiger partial charge >= 0.3 is 0 Å². The third-order valence-corrected chi connectivity index (χ3v) is 1.45. The highest BCUT2D eigenvalue weighted by Gasteiger charge is 1.98. The summed E-state index contributed by atoms with van der Waals surface area (Å²) in [5.41, 5.74) is 0.989. The van der Waals surface area contributed by atoms with Crippen LogP contribution in [0.5, 0.6) is 5.88 Å². The summed E-state index contributed by atoms with van der Waals surface area (Å²) >= 11 is 5.68. The topological polar surface area (TPSA) is 42.4 Å². The third-order valence-electron chi connectivity index (χ3n) is 1.26. The molecule has 80 valence electrons. The van der Waals surface area contributed by atoms with Crippen LogP contribution in [0, 0.1) is 6.92 Å². The van der Waals surface area contributed by atoms with E-state index in [1.807, 2.05) is 20.8 Å². The fraction of sp³-hybridized carbons (Fsp3) is 0.500. The SMILES string of the molecule is CC.Cc1cc(Cl)nc(OCCO)c1. The maximum absolute atomic E-state index is 8.48. The first-order valence-corrected chi connectivity index (χ1v) is 4.98. The second-order valence-corrected chi connectivity index (χ2v) is 2.76. The van der Waals surface area contributed by atoms with E-state index in [-0.39, 0.29) is 13.2 Å². The van der Waals surface area contributed by atoms with E-state index in [4.69, 9.17) is 21.4 Å². The average molecular weight is 218 g/mol. The summed E-state index contributed by atoms with van der Waals surface area (Å²) in [6, 6.07) is 3.51. The van der Waals surface area contributed by atoms with Crippen molar-refractivity contribution >= 4 is 11.6 Å². The Morgan fingerprint density at radius 1 is 1.43 bits per heavy atom. The number of hydrogen-bond donors (Lipinski definition) is 1. The molecule has 3 nitrogen and oxygen atoms in total. The Morgan fingerprint density at radius 2 is 2.07 bits per heavy atom. The molecule has 0 atom stereocenters. The van der Waals surface area contributed by atoms with Crippen molar-refractivity contribution in [1.29, 1.82) is 0 Å². The van der Waals surface area contributed by atoms with E-state index in [0.717, 1.165) is 5.56 Å². The number of pyridine rings is 1. The molecule has 14 heavy (non-hydrogen) atoms. The Labute approximate surface area is 89.7 Å². The lowest BCUT2D eigenvalue weighted by molar-refractivity contribution is 0.196. The van der Waals surface area contributed by atoms with Crippen molar-refractivity contribution < 1.29 is 9.84 Å². The number of hydrogen-bond acceptors (Lipinski definition) is 3. The molecule has 0 unspecified atom stereocenters. The molecule has 0 aliphatic carbocycles. The maximum atomic E-state index is 8.48. The van der Waals surface area contributed by atoms with E-state index in [0.29, 0.717) is 11.0 Å². The second-order valence-electron chi connectivity index (χ2n) is 2.38. The smallest absolute Gasteiger partial charge is 0.214 e. The molecule has 1 heterocycles. The van der Waals surface area contributed by atoms with Gasteiger partial charge in [-0.05, 0) is 18.6 Å². The molecule has 1 aromatic heterocycles. The molecule has 0 spiro atoms. The van der Waals surface area contributed by atoms with Crippen LogP contribution in [-0.2, 0) is 0 Å². The number of aliphatic hydroxyl groups is 1. The molecule has 0 aliphatic heterocycles. The molecule has 0 aliphatic rings. The zero-order chi connectivity index (χ0) is 11.0. The number of aryl methyl sites for hydroxylation is 1. The quantitative estimate of drug-likeness (QED) is 0.791. The predicted octanol–water partition coefficient (Wildman–Crippen LogP) is 2.44. The first kappa shape index (κ1) is 13.2. The zero-order valence-corrected chi connectivity index (χ0v) is 9.51. The van der Waals surface area contributed by atoms with E-state index in [9.17, 15) is 0 Å². The van der Waals surface area contributed by atoms with Crippen molar-refractivity contribution in [2.24, 2.45) is 0 Å². The van der Waals surface area contributed by atoms with Gasteiger partial charge < -0.3 is 9.84 Å². The minimum Gasteiger partial charge on any atom is -0.475 e. The molecular weight excluding hydrogens is 202 g/mol. The Bertz CT molecular complexity index is 246. The summed E-state index contributed by atoms with van der Waals surface area (Å²) < 4.78 is 5.07. The normalized spacial score (nSPS) is 8.93. The van der Waals surface area contributed by atoms with Crippen molar-refractivity contribution in [2.45, 2.75) is 20.8 Å². The van der Waals surface area contributed by atoms with E-state index >= 15 is 0 Å². The lowest BCUT2D eigenvalue weighted by Crippen LogP contribution is -2.03. The van der Waals surface area contributed by atoms with Gasteiger partial charge in [0.25, 0.3) is 0 Å². The molecule has 0 radical (unpaired) electrons. The highest BCUT2D eigenvalue weighted by Crippen LogP contribution is 2.15. The van der Waals surface area contributed by atoms with Gasteiger partial charge in [-0.15, -0.1) is 0 Å². The van der Waals surface area contributed by atoms with Crippen LogP contribution in [0.1, 0.15) is 19.4 Å². The summed E-state index contributed by atoms with van der Waals surface area (Å²) in [6.45, 7) is 6.12. The highest BCUT2D eigenvalue weighted by molar-refractivity contribution is 6.29. The first-order valence-electron chi connectivity index (χ1n) is 4.60. The van der Waals surface area contributed by atoms with E-state index in [1.54, 1.807) is 12.1 Å². The molecule has 0 saturated carbocycles. The molecule has 0 saturated heterocycles. The van der Waals surface area contributed by atoms with Gasteiger partial charge in [0.05, 0.1) is 6.61 Å². The molecule has 0 aromatic carbocycles. The summed E-state index contributed by atoms with van der Waals surface area (Å²) in [4.78, 5) is 3.90. The van der Waals surface area contributed by atoms with E-state index in [2.05, 4.69) is 4.98 Å². The molecule has 0 fully saturated rings. The summed E-state index contributed by atoms with van der Waals surface area (Å²) in [5, 5.41) is 8.89. The van der Waals surface area contributed by atoms with Gasteiger partial charge in [-0.25, -0.2) is 4.98 Å². The number of aromatic nitrogens is 1. The van der Waals surface area contributed by atoms with Gasteiger partial charge in [-0.3, -0.25) is 0 Å². The molecule has 1 N–H and O–H groups in total. The van der Waals surface area contributed by atoms with Crippen molar-refractivity contribution in [3.63, 3.8) is 0 Å². The Morgan fingerprint density at radius 3 is 2.57 bits per heavy atom. The molecule has 1 aromatic rings. The predicted molar refractivity (Wildman–Crippen MR) is 57.9 cm³/mol. The van der Waals surface area contributed by atoms with Crippen molar-refractivity contribution in [1.82, 2.24) is 4.98 Å². The van der Waals surface area contributed by atoms with E-state index < -0.39 is 0 Å². The lowest BCUT2D eigenvalue weighted by Gasteiger charge is -2.03. The third kappa shape index (κ3) is 5.04. The number of ether oxygens (including phenoxy) is 1. The molecule has 1 rings (SSSR count). The minimum absolute atomic E-state index is 0.0206. The monoisotopic (exact) mass is 217 g/mol. The summed E-state index contributed by atoms with van der Waals surface area (Å²) in [7, 11) is 0. The Balaban J connectivity index is 0.000000791. The van der Waals surface area contributed by atoms with Crippen LogP contribution >= 0.6 is 11.6 Å².